The molecule has 2 aromatic rings. The average Bonchev–Trinajstić information content (AvgIpc) is 2.61. The number of amides is 1. The van der Waals surface area contributed by atoms with Crippen LogP contribution in [0.25, 0.3) is 10.9 Å². The lowest BCUT2D eigenvalue weighted by molar-refractivity contribution is -0.121. The lowest BCUT2D eigenvalue weighted by Crippen LogP contribution is -2.24. The predicted octanol–water partition coefficient (Wildman–Crippen LogP) is 3.14. The molecule has 3 nitrogen and oxygen atoms in total. The van der Waals surface area contributed by atoms with E-state index in [1.807, 2.05) is 19.1 Å². The van der Waals surface area contributed by atoms with Crippen molar-refractivity contribution in [1.29, 1.82) is 0 Å². The smallest absolute Gasteiger partial charge is 0.220 e. The predicted molar refractivity (Wildman–Crippen MR) is 74.3 cm³/mol. The van der Waals surface area contributed by atoms with Gasteiger partial charge in [0, 0.05) is 29.6 Å². The highest BCUT2D eigenvalue weighted by Gasteiger charge is 2.09. The third-order valence-corrected chi connectivity index (χ3v) is 3.08. The van der Waals surface area contributed by atoms with E-state index in [1.165, 1.54) is 10.9 Å². The van der Waals surface area contributed by atoms with E-state index >= 15 is 0 Å². The van der Waals surface area contributed by atoms with Gasteiger partial charge in [-0.15, -0.1) is 0 Å². The maximum absolute atomic E-state index is 11.7. The van der Waals surface area contributed by atoms with E-state index in [9.17, 15) is 4.79 Å². The summed E-state index contributed by atoms with van der Waals surface area (Å²) in [4.78, 5) is 15.0. The Labute approximate surface area is 108 Å². The van der Waals surface area contributed by atoms with Crippen molar-refractivity contribution < 1.29 is 4.79 Å². The van der Waals surface area contributed by atoms with Gasteiger partial charge in [-0.05, 0) is 24.5 Å². The summed E-state index contributed by atoms with van der Waals surface area (Å²) in [5, 5.41) is 4.18. The van der Waals surface area contributed by atoms with Gasteiger partial charge in [-0.1, -0.05) is 32.0 Å². The number of nitrogens with one attached hydrogen (secondary N) is 2. The van der Waals surface area contributed by atoms with Gasteiger partial charge >= 0.3 is 0 Å². The number of aromatic nitrogens is 1. The van der Waals surface area contributed by atoms with Crippen LogP contribution in [0.1, 0.15) is 31.5 Å². The molecule has 0 fully saturated rings. The monoisotopic (exact) mass is 244 g/mol. The van der Waals surface area contributed by atoms with Crippen LogP contribution in [-0.4, -0.2) is 10.9 Å². The summed E-state index contributed by atoms with van der Waals surface area (Å²) in [6.45, 7) is 6.75. The van der Waals surface area contributed by atoms with Gasteiger partial charge in [0.25, 0.3) is 0 Å². The van der Waals surface area contributed by atoms with E-state index in [-0.39, 0.29) is 5.91 Å². The molecule has 2 rings (SSSR count). The molecule has 1 aromatic carbocycles. The first kappa shape index (κ1) is 12.7. The number of benzene rings is 1. The minimum Gasteiger partial charge on any atom is -0.358 e. The quantitative estimate of drug-likeness (QED) is 0.852. The first-order valence-corrected chi connectivity index (χ1v) is 6.41. The third-order valence-electron chi connectivity index (χ3n) is 3.08. The number of para-hydroxylation sites is 1. The van der Waals surface area contributed by atoms with E-state index in [2.05, 4.69) is 36.3 Å². The molecular weight excluding hydrogens is 224 g/mol. The van der Waals surface area contributed by atoms with Gasteiger partial charge in [-0.25, -0.2) is 0 Å². The lowest BCUT2D eigenvalue weighted by Gasteiger charge is -2.07. The fourth-order valence-electron chi connectivity index (χ4n) is 2.19. The Morgan fingerprint density at radius 3 is 2.78 bits per heavy atom. The van der Waals surface area contributed by atoms with E-state index < -0.39 is 0 Å². The Hall–Kier alpha value is -1.77. The number of hydrogen-bond acceptors (Lipinski definition) is 1. The summed E-state index contributed by atoms with van der Waals surface area (Å²) in [5.41, 5.74) is 3.44. The molecule has 0 unspecified atom stereocenters. The number of aromatic amines is 1. The van der Waals surface area contributed by atoms with Gasteiger partial charge in [0.05, 0.1) is 0 Å². The third kappa shape index (κ3) is 2.73. The molecule has 0 saturated heterocycles. The van der Waals surface area contributed by atoms with Crippen molar-refractivity contribution in [2.75, 3.05) is 0 Å². The largest absolute Gasteiger partial charge is 0.358 e. The van der Waals surface area contributed by atoms with Crippen LogP contribution in [0.2, 0.25) is 0 Å². The molecule has 0 spiro atoms. The number of carbonyl (C=O) groups is 1. The van der Waals surface area contributed by atoms with E-state index in [4.69, 9.17) is 0 Å². The molecule has 18 heavy (non-hydrogen) atoms. The highest BCUT2D eigenvalue weighted by Crippen LogP contribution is 2.21. The number of hydrogen-bond donors (Lipinski definition) is 2. The first-order chi connectivity index (χ1) is 8.58. The number of fused-ring (bicyclic) bond motifs is 1. The Kier molecular flexibility index (Phi) is 3.70. The molecule has 0 aliphatic rings. The molecule has 0 aliphatic heterocycles. The minimum absolute atomic E-state index is 0.120. The second-order valence-corrected chi connectivity index (χ2v) is 5.15. The zero-order chi connectivity index (χ0) is 13.1. The molecule has 1 amide bonds. The fourth-order valence-corrected chi connectivity index (χ4v) is 2.19. The molecule has 0 aliphatic carbocycles. The van der Waals surface area contributed by atoms with Gasteiger partial charge in [0.2, 0.25) is 5.91 Å². The van der Waals surface area contributed by atoms with Crippen molar-refractivity contribution in [2.45, 2.75) is 33.7 Å². The summed E-state index contributed by atoms with van der Waals surface area (Å²) in [5.74, 6) is 0.517. The number of rotatable bonds is 4. The Balaban J connectivity index is 2.12. The van der Waals surface area contributed by atoms with E-state index in [1.54, 1.807) is 0 Å². The van der Waals surface area contributed by atoms with Gasteiger partial charge in [0.15, 0.2) is 0 Å². The molecule has 1 heterocycles. The van der Waals surface area contributed by atoms with Crippen LogP contribution in [0.5, 0.6) is 0 Å². The van der Waals surface area contributed by atoms with Crippen molar-refractivity contribution in [3.05, 3.63) is 35.5 Å². The van der Waals surface area contributed by atoms with Crippen LogP contribution in [0, 0.1) is 12.8 Å². The maximum atomic E-state index is 11.7. The summed E-state index contributed by atoms with van der Waals surface area (Å²) < 4.78 is 0. The molecule has 0 radical (unpaired) electrons. The topological polar surface area (TPSA) is 44.9 Å². The van der Waals surface area contributed by atoms with Crippen molar-refractivity contribution in [1.82, 2.24) is 10.3 Å². The molecule has 1 aromatic heterocycles. The van der Waals surface area contributed by atoms with Gasteiger partial charge in [-0.2, -0.15) is 0 Å². The molecule has 96 valence electrons. The van der Waals surface area contributed by atoms with E-state index in [0.717, 1.165) is 11.2 Å². The number of aryl methyl sites for hydroxylation is 1. The normalized spacial score (nSPS) is 11.1. The summed E-state index contributed by atoms with van der Waals surface area (Å²) in [6.07, 6.45) is 0.585. The Morgan fingerprint density at radius 1 is 1.33 bits per heavy atom. The van der Waals surface area contributed by atoms with Crippen LogP contribution in [0.4, 0.5) is 0 Å². The van der Waals surface area contributed by atoms with Crippen molar-refractivity contribution >= 4 is 16.8 Å². The summed E-state index contributed by atoms with van der Waals surface area (Å²) >= 11 is 0. The van der Waals surface area contributed by atoms with Crippen LogP contribution in [-0.2, 0) is 11.3 Å². The standard InChI is InChI=1S/C15H20N2O/c1-10(2)8-15(18)16-9-13-11(3)17-14-7-5-4-6-12(13)14/h4-7,10,17H,8-9H2,1-3H3,(H,16,18). The van der Waals surface area contributed by atoms with Gasteiger partial charge in [0.1, 0.15) is 0 Å². The number of carbonyl (C=O) groups excluding carboxylic acids is 1. The van der Waals surface area contributed by atoms with Crippen molar-refractivity contribution in [2.24, 2.45) is 5.92 Å². The van der Waals surface area contributed by atoms with Crippen LogP contribution in [0.3, 0.4) is 0 Å². The second-order valence-electron chi connectivity index (χ2n) is 5.15. The first-order valence-electron chi connectivity index (χ1n) is 6.41. The summed E-state index contributed by atoms with van der Waals surface area (Å²) in [7, 11) is 0. The minimum atomic E-state index is 0.120. The average molecular weight is 244 g/mol. The van der Waals surface area contributed by atoms with Crippen LogP contribution < -0.4 is 5.32 Å². The zero-order valence-electron chi connectivity index (χ0n) is 11.2. The molecular formula is C15H20N2O. The highest BCUT2D eigenvalue weighted by atomic mass is 16.1. The zero-order valence-corrected chi connectivity index (χ0v) is 11.2. The Bertz CT molecular complexity index is 555. The SMILES string of the molecule is Cc1[nH]c2ccccc2c1CNC(=O)CC(C)C. The maximum Gasteiger partial charge on any atom is 0.220 e. The highest BCUT2D eigenvalue weighted by molar-refractivity contribution is 5.85. The van der Waals surface area contributed by atoms with Gasteiger partial charge in [-0.3, -0.25) is 4.79 Å². The molecule has 0 bridgehead atoms. The lowest BCUT2D eigenvalue weighted by atomic mass is 10.1. The molecule has 0 saturated carbocycles. The summed E-state index contributed by atoms with van der Waals surface area (Å²) in [6, 6.07) is 8.18. The molecule has 3 heteroatoms. The van der Waals surface area contributed by atoms with Crippen molar-refractivity contribution in [3.8, 4) is 0 Å². The molecule has 0 atom stereocenters. The van der Waals surface area contributed by atoms with Gasteiger partial charge < -0.3 is 10.3 Å². The molecule has 2 N–H and O–H groups in total. The van der Waals surface area contributed by atoms with E-state index in [0.29, 0.717) is 18.9 Å². The van der Waals surface area contributed by atoms with Crippen molar-refractivity contribution in [3.63, 3.8) is 0 Å². The van der Waals surface area contributed by atoms with Crippen LogP contribution >= 0.6 is 0 Å². The Morgan fingerprint density at radius 2 is 2.06 bits per heavy atom. The fraction of sp³-hybridized carbons (Fsp3) is 0.400. The number of H-pyrrole nitrogens is 1. The van der Waals surface area contributed by atoms with Crippen LogP contribution in [0.15, 0.2) is 24.3 Å². The second kappa shape index (κ2) is 5.25.